The number of ketones is 1. The standard InChI is InChI=1S/C24H31NO3/c1-7-16-8-10-17(11-9-16)21-20(23(27)28-14(2)3)15(4)25-18-12-24(5,6)13-19(26)22(18)21/h8-11,14,21-22H,7,12-13H2,1-6H3/t21-,22?/m0/s1. The largest absolute Gasteiger partial charge is 0.460 e. The monoisotopic (exact) mass is 381 g/mol. The average molecular weight is 382 g/mol. The summed E-state index contributed by atoms with van der Waals surface area (Å²) in [4.78, 5) is 30.9. The highest BCUT2D eigenvalue weighted by Crippen LogP contribution is 2.47. The first kappa shape index (κ1) is 20.5. The molecule has 3 rings (SSSR count). The number of aliphatic imine (C=N–C) groups is 1. The highest BCUT2D eigenvalue weighted by Gasteiger charge is 2.47. The van der Waals surface area contributed by atoms with Crippen LogP contribution in [0.4, 0.5) is 0 Å². The van der Waals surface area contributed by atoms with Crippen LogP contribution >= 0.6 is 0 Å². The van der Waals surface area contributed by atoms with E-state index in [1.807, 2.05) is 20.8 Å². The van der Waals surface area contributed by atoms with E-state index in [0.717, 1.165) is 24.1 Å². The highest BCUT2D eigenvalue weighted by molar-refractivity contribution is 6.12. The lowest BCUT2D eigenvalue weighted by Crippen LogP contribution is -2.44. The molecule has 2 aliphatic rings. The van der Waals surface area contributed by atoms with Crippen molar-refractivity contribution in [3.05, 3.63) is 46.7 Å². The van der Waals surface area contributed by atoms with E-state index in [0.29, 0.717) is 17.7 Å². The Kier molecular flexibility index (Phi) is 5.60. The number of aryl methyl sites for hydroxylation is 1. The molecule has 1 heterocycles. The van der Waals surface area contributed by atoms with E-state index in [1.54, 1.807) is 0 Å². The maximum atomic E-state index is 13.2. The topological polar surface area (TPSA) is 55.7 Å². The second-order valence-electron chi connectivity index (χ2n) is 9.09. The Morgan fingerprint density at radius 2 is 1.82 bits per heavy atom. The predicted octanol–water partition coefficient (Wildman–Crippen LogP) is 5.02. The van der Waals surface area contributed by atoms with Crippen LogP contribution in [0.3, 0.4) is 0 Å². The molecule has 0 radical (unpaired) electrons. The number of fused-ring (bicyclic) bond motifs is 1. The number of nitrogens with zero attached hydrogens (tertiary/aromatic N) is 1. The van der Waals surface area contributed by atoms with E-state index in [4.69, 9.17) is 9.73 Å². The lowest BCUT2D eigenvalue weighted by molar-refractivity contribution is -0.143. The molecule has 0 aromatic heterocycles. The molecule has 0 spiro atoms. The number of rotatable bonds is 4. The predicted molar refractivity (Wildman–Crippen MR) is 111 cm³/mol. The second kappa shape index (κ2) is 7.65. The summed E-state index contributed by atoms with van der Waals surface area (Å²) >= 11 is 0. The lowest BCUT2D eigenvalue weighted by Gasteiger charge is -2.41. The van der Waals surface area contributed by atoms with E-state index in [9.17, 15) is 9.59 Å². The summed E-state index contributed by atoms with van der Waals surface area (Å²) in [6.07, 6.45) is 2.01. The van der Waals surface area contributed by atoms with E-state index < -0.39 is 0 Å². The number of benzene rings is 1. The SMILES string of the molecule is CCc1ccc([C@H]2C(C(=O)OC(C)C)=C(C)N=C3CC(C)(C)CC(=O)C32)cc1. The van der Waals surface area contributed by atoms with Crippen LogP contribution in [0.5, 0.6) is 0 Å². The van der Waals surface area contributed by atoms with Gasteiger partial charge in [-0.05, 0) is 50.2 Å². The molecule has 1 saturated carbocycles. The van der Waals surface area contributed by atoms with Crippen LogP contribution in [0, 0.1) is 11.3 Å². The molecule has 0 bridgehead atoms. The van der Waals surface area contributed by atoms with Crippen molar-refractivity contribution in [2.45, 2.75) is 72.8 Å². The zero-order chi connectivity index (χ0) is 20.6. The molecule has 1 aromatic rings. The summed E-state index contributed by atoms with van der Waals surface area (Å²) < 4.78 is 5.54. The van der Waals surface area contributed by atoms with Crippen molar-refractivity contribution in [2.24, 2.45) is 16.3 Å². The number of esters is 1. The van der Waals surface area contributed by atoms with Crippen LogP contribution in [0.25, 0.3) is 0 Å². The number of hydrogen-bond donors (Lipinski definition) is 0. The molecule has 4 heteroatoms. The molecule has 1 aliphatic heterocycles. The van der Waals surface area contributed by atoms with Gasteiger partial charge in [-0.3, -0.25) is 9.79 Å². The smallest absolute Gasteiger partial charge is 0.336 e. The number of carbonyl (C=O) groups is 2. The van der Waals surface area contributed by atoms with Gasteiger partial charge in [-0.2, -0.15) is 0 Å². The van der Waals surface area contributed by atoms with Crippen LogP contribution in [0.15, 0.2) is 40.5 Å². The first-order valence-electron chi connectivity index (χ1n) is 10.2. The highest BCUT2D eigenvalue weighted by atomic mass is 16.5. The van der Waals surface area contributed by atoms with Gasteiger partial charge in [0.25, 0.3) is 0 Å². The Morgan fingerprint density at radius 3 is 2.39 bits per heavy atom. The molecule has 1 fully saturated rings. The van der Waals surface area contributed by atoms with Crippen LogP contribution in [-0.2, 0) is 20.7 Å². The Labute approximate surface area is 168 Å². The summed E-state index contributed by atoms with van der Waals surface area (Å²) in [5, 5.41) is 0. The maximum Gasteiger partial charge on any atom is 0.336 e. The van der Waals surface area contributed by atoms with Crippen molar-refractivity contribution in [1.82, 2.24) is 0 Å². The van der Waals surface area contributed by atoms with Gasteiger partial charge in [0, 0.05) is 23.7 Å². The van der Waals surface area contributed by atoms with E-state index in [1.165, 1.54) is 5.56 Å². The molecule has 0 amide bonds. The molecular formula is C24H31NO3. The molecule has 150 valence electrons. The van der Waals surface area contributed by atoms with E-state index in [-0.39, 0.29) is 35.1 Å². The van der Waals surface area contributed by atoms with Gasteiger partial charge < -0.3 is 4.74 Å². The van der Waals surface area contributed by atoms with Gasteiger partial charge in [0.15, 0.2) is 0 Å². The van der Waals surface area contributed by atoms with Crippen molar-refractivity contribution in [2.75, 3.05) is 0 Å². The number of ether oxygens (including phenoxy) is 1. The summed E-state index contributed by atoms with van der Waals surface area (Å²) in [7, 11) is 0. The van der Waals surface area contributed by atoms with Gasteiger partial charge in [-0.1, -0.05) is 45.0 Å². The molecule has 28 heavy (non-hydrogen) atoms. The van der Waals surface area contributed by atoms with Crippen LogP contribution in [-0.4, -0.2) is 23.6 Å². The van der Waals surface area contributed by atoms with Crippen LogP contribution < -0.4 is 0 Å². The van der Waals surface area contributed by atoms with Gasteiger partial charge in [0.05, 0.1) is 17.6 Å². The third kappa shape index (κ3) is 3.96. The molecular weight excluding hydrogens is 350 g/mol. The zero-order valence-corrected chi connectivity index (χ0v) is 17.8. The third-order valence-electron chi connectivity index (χ3n) is 5.67. The normalized spacial score (nSPS) is 24.1. The summed E-state index contributed by atoms with van der Waals surface area (Å²) in [5.41, 5.74) is 4.23. The number of carbonyl (C=O) groups excluding carboxylic acids is 2. The molecule has 0 saturated heterocycles. The van der Waals surface area contributed by atoms with Gasteiger partial charge in [0.1, 0.15) is 5.78 Å². The van der Waals surface area contributed by atoms with Gasteiger partial charge in [-0.25, -0.2) is 4.79 Å². The zero-order valence-electron chi connectivity index (χ0n) is 17.8. The van der Waals surface area contributed by atoms with Gasteiger partial charge >= 0.3 is 5.97 Å². The molecule has 1 aliphatic carbocycles. The Bertz CT molecular complexity index is 843. The van der Waals surface area contributed by atoms with Gasteiger partial charge in [-0.15, -0.1) is 0 Å². The second-order valence-corrected chi connectivity index (χ2v) is 9.09. The molecule has 0 N–H and O–H groups in total. The Balaban J connectivity index is 2.13. The fourth-order valence-corrected chi connectivity index (χ4v) is 4.46. The molecule has 1 aromatic carbocycles. The van der Waals surface area contributed by atoms with Crippen LogP contribution in [0.1, 0.15) is 71.4 Å². The van der Waals surface area contributed by atoms with Gasteiger partial charge in [0.2, 0.25) is 0 Å². The number of Topliss-reactive ketones (excluding diaryl/α,β-unsaturated/α-hetero) is 1. The first-order valence-corrected chi connectivity index (χ1v) is 10.2. The number of allylic oxidation sites excluding steroid dienone is 1. The Hall–Kier alpha value is -2.23. The third-order valence-corrected chi connectivity index (χ3v) is 5.67. The average Bonchev–Trinajstić information content (AvgIpc) is 2.58. The van der Waals surface area contributed by atoms with E-state index >= 15 is 0 Å². The summed E-state index contributed by atoms with van der Waals surface area (Å²) in [5.74, 6) is -0.897. The number of hydrogen-bond acceptors (Lipinski definition) is 4. The van der Waals surface area contributed by atoms with E-state index in [2.05, 4.69) is 45.0 Å². The van der Waals surface area contributed by atoms with Crippen molar-refractivity contribution < 1.29 is 14.3 Å². The minimum Gasteiger partial charge on any atom is -0.460 e. The minimum absolute atomic E-state index is 0.0980. The van der Waals surface area contributed by atoms with Crippen molar-refractivity contribution in [1.29, 1.82) is 0 Å². The van der Waals surface area contributed by atoms with Crippen molar-refractivity contribution >= 4 is 17.5 Å². The Morgan fingerprint density at radius 1 is 1.18 bits per heavy atom. The first-order chi connectivity index (χ1) is 13.1. The summed E-state index contributed by atoms with van der Waals surface area (Å²) in [6, 6.07) is 8.27. The minimum atomic E-state index is -0.376. The maximum absolute atomic E-state index is 13.2. The fraction of sp³-hybridized carbons (Fsp3) is 0.542. The lowest BCUT2D eigenvalue weighted by atomic mass is 9.63. The quantitative estimate of drug-likeness (QED) is 0.688. The van der Waals surface area contributed by atoms with Crippen LogP contribution in [0.2, 0.25) is 0 Å². The molecule has 2 atom stereocenters. The van der Waals surface area contributed by atoms with Crippen molar-refractivity contribution in [3.8, 4) is 0 Å². The molecule has 1 unspecified atom stereocenters. The summed E-state index contributed by atoms with van der Waals surface area (Å²) in [6.45, 7) is 11.9. The molecule has 4 nitrogen and oxygen atoms in total. The fourth-order valence-electron chi connectivity index (χ4n) is 4.46. The van der Waals surface area contributed by atoms with Crippen molar-refractivity contribution in [3.63, 3.8) is 0 Å².